The van der Waals surface area contributed by atoms with Crippen LogP contribution in [0.4, 0.5) is 0 Å². The van der Waals surface area contributed by atoms with Gasteiger partial charge in [-0.15, -0.1) is 6.04 Å². The van der Waals surface area contributed by atoms with Gasteiger partial charge in [0.1, 0.15) is 0 Å². The molecule has 0 saturated heterocycles. The monoisotopic (exact) mass is 247 g/mol. The van der Waals surface area contributed by atoms with Crippen molar-refractivity contribution in [2.24, 2.45) is 0 Å². The van der Waals surface area contributed by atoms with E-state index in [0.29, 0.717) is 0 Å². The molecular weight excluding hydrogens is 225 g/mol. The summed E-state index contributed by atoms with van der Waals surface area (Å²) in [5, 5.41) is 13.6. The second-order valence-corrected chi connectivity index (χ2v) is 3.35. The van der Waals surface area contributed by atoms with Gasteiger partial charge in [-0.05, 0) is 0 Å². The molecule has 16 heavy (non-hydrogen) atoms. The van der Waals surface area contributed by atoms with Crippen LogP contribution in [0.5, 0.6) is 0 Å². The van der Waals surface area contributed by atoms with Crippen molar-refractivity contribution in [2.45, 2.75) is 39.8 Å². The van der Waals surface area contributed by atoms with Gasteiger partial charge < -0.3 is 10.4 Å². The third-order valence-corrected chi connectivity index (χ3v) is 1.84. The van der Waals surface area contributed by atoms with E-state index in [4.69, 9.17) is 5.11 Å². The average Bonchev–Trinajstić information content (AvgIpc) is 2.29. The SMILES string of the molecule is CC.CC(C)[N-]C(CO)c1ccccc1.[K+]. The molecule has 3 heteroatoms. The molecule has 2 nitrogen and oxygen atoms in total. The molecule has 0 radical (unpaired) electrons. The van der Waals surface area contributed by atoms with E-state index in [-0.39, 0.29) is 70.1 Å². The van der Waals surface area contributed by atoms with Gasteiger partial charge in [-0.2, -0.15) is 0 Å². The summed E-state index contributed by atoms with van der Waals surface area (Å²) in [6.07, 6.45) is 0. The Balaban J connectivity index is 0. The Bertz CT molecular complexity index is 239. The first kappa shape index (κ1) is 19.1. The van der Waals surface area contributed by atoms with Crippen molar-refractivity contribution in [3.8, 4) is 0 Å². The molecule has 0 aliphatic heterocycles. The van der Waals surface area contributed by atoms with E-state index >= 15 is 0 Å². The van der Waals surface area contributed by atoms with E-state index in [1.807, 2.05) is 58.0 Å². The first-order chi connectivity index (χ1) is 7.24. The van der Waals surface area contributed by atoms with Gasteiger partial charge in [-0.25, -0.2) is 0 Å². The van der Waals surface area contributed by atoms with E-state index in [0.717, 1.165) is 5.56 Å². The van der Waals surface area contributed by atoms with Crippen LogP contribution in [0.1, 0.15) is 39.3 Å². The molecule has 0 bridgehead atoms. The fourth-order valence-electron chi connectivity index (χ4n) is 1.27. The molecule has 0 aliphatic rings. The number of benzene rings is 1. The molecular formula is C13H22KNO. The van der Waals surface area contributed by atoms with Crippen molar-refractivity contribution in [1.82, 2.24) is 0 Å². The minimum absolute atomic E-state index is 0. The molecule has 1 aromatic rings. The van der Waals surface area contributed by atoms with Crippen molar-refractivity contribution in [1.29, 1.82) is 0 Å². The number of aliphatic hydroxyl groups excluding tert-OH is 1. The van der Waals surface area contributed by atoms with Crippen LogP contribution in [-0.4, -0.2) is 17.8 Å². The molecule has 1 aromatic carbocycles. The van der Waals surface area contributed by atoms with Crippen molar-refractivity contribution in [3.05, 3.63) is 41.2 Å². The molecule has 86 valence electrons. The van der Waals surface area contributed by atoms with Crippen LogP contribution in [-0.2, 0) is 0 Å². The summed E-state index contributed by atoms with van der Waals surface area (Å²) in [5.74, 6) is 0. The van der Waals surface area contributed by atoms with E-state index in [9.17, 15) is 0 Å². The molecule has 0 fully saturated rings. The number of hydrogen-bond donors (Lipinski definition) is 1. The van der Waals surface area contributed by atoms with Crippen molar-refractivity contribution < 1.29 is 56.5 Å². The van der Waals surface area contributed by atoms with E-state index in [1.54, 1.807) is 0 Å². The number of hydrogen-bond acceptors (Lipinski definition) is 1. The second-order valence-electron chi connectivity index (χ2n) is 3.35. The summed E-state index contributed by atoms with van der Waals surface area (Å²) in [6.45, 7) is 8.12. The fourth-order valence-corrected chi connectivity index (χ4v) is 1.27. The molecule has 0 saturated carbocycles. The number of rotatable bonds is 4. The van der Waals surface area contributed by atoms with Gasteiger partial charge in [0.05, 0.1) is 0 Å². The smallest absolute Gasteiger partial charge is 0.652 e. The maximum atomic E-state index is 9.13. The zero-order chi connectivity index (χ0) is 11.7. The summed E-state index contributed by atoms with van der Waals surface area (Å²) >= 11 is 0. The molecule has 0 heterocycles. The maximum Gasteiger partial charge on any atom is 1.00 e. The van der Waals surface area contributed by atoms with E-state index < -0.39 is 0 Å². The summed E-state index contributed by atoms with van der Waals surface area (Å²) in [7, 11) is 0. The zero-order valence-electron chi connectivity index (χ0n) is 11.1. The maximum absolute atomic E-state index is 9.13. The second kappa shape index (κ2) is 12.2. The Morgan fingerprint density at radius 2 is 1.62 bits per heavy atom. The van der Waals surface area contributed by atoms with Gasteiger partial charge in [0.15, 0.2) is 0 Å². The minimum atomic E-state index is -0.0683. The van der Waals surface area contributed by atoms with Crippen LogP contribution in [0.25, 0.3) is 5.32 Å². The molecule has 1 rings (SSSR count). The fraction of sp³-hybridized carbons (Fsp3) is 0.538. The Morgan fingerprint density at radius 3 is 2.00 bits per heavy atom. The van der Waals surface area contributed by atoms with Crippen LogP contribution in [0.3, 0.4) is 0 Å². The first-order valence-electron chi connectivity index (χ1n) is 5.59. The summed E-state index contributed by atoms with van der Waals surface area (Å²) in [4.78, 5) is 0. The molecule has 0 amide bonds. The Labute approximate surface area is 142 Å². The quantitative estimate of drug-likeness (QED) is 0.774. The first-order valence-corrected chi connectivity index (χ1v) is 5.59. The summed E-state index contributed by atoms with van der Waals surface area (Å²) < 4.78 is 0. The van der Waals surface area contributed by atoms with Crippen molar-refractivity contribution >= 4 is 0 Å². The third kappa shape index (κ3) is 7.95. The summed E-state index contributed by atoms with van der Waals surface area (Å²) in [6, 6.07) is 10.1. The van der Waals surface area contributed by atoms with Crippen molar-refractivity contribution in [3.63, 3.8) is 0 Å². The Morgan fingerprint density at radius 1 is 1.12 bits per heavy atom. The normalized spacial score (nSPS) is 11.1. The van der Waals surface area contributed by atoms with Gasteiger partial charge in [0.25, 0.3) is 0 Å². The molecule has 0 spiro atoms. The average molecular weight is 247 g/mol. The molecule has 0 aromatic heterocycles. The van der Waals surface area contributed by atoms with Gasteiger partial charge in [-0.3, -0.25) is 0 Å². The largest absolute Gasteiger partial charge is 1.00 e. The van der Waals surface area contributed by atoms with Crippen LogP contribution in [0, 0.1) is 0 Å². The van der Waals surface area contributed by atoms with Gasteiger partial charge in [0, 0.05) is 6.61 Å². The molecule has 1 unspecified atom stereocenters. The van der Waals surface area contributed by atoms with Crippen molar-refractivity contribution in [2.75, 3.05) is 6.61 Å². The number of aliphatic hydroxyl groups is 1. The van der Waals surface area contributed by atoms with E-state index in [1.165, 1.54) is 0 Å². The zero-order valence-corrected chi connectivity index (χ0v) is 14.3. The Hall–Kier alpha value is 0.776. The Kier molecular flexibility index (Phi) is 14.6. The molecule has 0 aliphatic carbocycles. The predicted molar refractivity (Wildman–Crippen MR) is 66.1 cm³/mol. The predicted octanol–water partition coefficient (Wildman–Crippen LogP) is 0.532. The third-order valence-electron chi connectivity index (χ3n) is 1.84. The van der Waals surface area contributed by atoms with Gasteiger partial charge >= 0.3 is 51.4 Å². The van der Waals surface area contributed by atoms with Gasteiger partial charge in [0.2, 0.25) is 0 Å². The van der Waals surface area contributed by atoms with Gasteiger partial charge in [-0.1, -0.05) is 69.6 Å². The van der Waals surface area contributed by atoms with Crippen LogP contribution in [0.15, 0.2) is 30.3 Å². The number of nitrogens with zero attached hydrogens (tertiary/aromatic N) is 1. The van der Waals surface area contributed by atoms with Crippen LogP contribution < -0.4 is 51.4 Å². The molecule has 1 atom stereocenters. The minimum Gasteiger partial charge on any atom is -0.652 e. The molecule has 1 N–H and O–H groups in total. The topological polar surface area (TPSA) is 34.3 Å². The van der Waals surface area contributed by atoms with E-state index in [2.05, 4.69) is 5.32 Å². The standard InChI is InChI=1S/C11H16NO.C2H6.K/c1-9(2)12-11(8-13)10-6-4-3-5-7-10;1-2;/h3-7,9,11,13H,8H2,1-2H3;1-2H3;/q-1;;+1. The van der Waals surface area contributed by atoms with Crippen LogP contribution in [0.2, 0.25) is 0 Å². The summed E-state index contributed by atoms with van der Waals surface area (Å²) in [5.41, 5.74) is 1.08. The van der Waals surface area contributed by atoms with Crippen LogP contribution >= 0.6 is 0 Å².